The topological polar surface area (TPSA) is 51.2 Å². The lowest BCUT2D eigenvalue weighted by atomic mass is 9.98. The maximum Gasteiger partial charge on any atom is 0.261 e. The first kappa shape index (κ1) is 17.1. The molecule has 3 rings (SSSR count). The van der Waals surface area contributed by atoms with Crippen molar-refractivity contribution in [1.82, 2.24) is 10.3 Å². The highest BCUT2D eigenvalue weighted by molar-refractivity contribution is 7.14. The Bertz CT molecular complexity index is 669. The lowest BCUT2D eigenvalue weighted by Gasteiger charge is -2.30. The van der Waals surface area contributed by atoms with E-state index in [4.69, 9.17) is 4.74 Å². The number of carbonyl (C=O) groups is 1. The van der Waals surface area contributed by atoms with Gasteiger partial charge >= 0.3 is 0 Å². The molecule has 1 aliphatic heterocycles. The molecule has 1 saturated heterocycles. The number of nitrogens with one attached hydrogen (secondary N) is 1. The molecule has 0 unspecified atom stereocenters. The summed E-state index contributed by atoms with van der Waals surface area (Å²) in [5.41, 5.74) is 1.08. The maximum absolute atomic E-state index is 12.5. The fraction of sp³-hybridized carbons (Fsp3) is 0.474. The quantitative estimate of drug-likeness (QED) is 0.892. The van der Waals surface area contributed by atoms with Crippen molar-refractivity contribution in [3.63, 3.8) is 0 Å². The van der Waals surface area contributed by atoms with Gasteiger partial charge in [-0.2, -0.15) is 0 Å². The number of rotatable bonds is 5. The fourth-order valence-corrected chi connectivity index (χ4v) is 4.12. The van der Waals surface area contributed by atoms with Gasteiger partial charge in [-0.05, 0) is 48.9 Å². The maximum atomic E-state index is 12.5. The Labute approximate surface area is 147 Å². The molecule has 1 aliphatic rings. The van der Waals surface area contributed by atoms with E-state index in [0.717, 1.165) is 29.7 Å². The van der Waals surface area contributed by atoms with E-state index in [2.05, 4.69) is 30.2 Å². The summed E-state index contributed by atoms with van der Waals surface area (Å²) in [5, 5.41) is 3.17. The smallest absolute Gasteiger partial charge is 0.261 e. The monoisotopic (exact) mass is 344 g/mol. The fourth-order valence-electron chi connectivity index (χ4n) is 3.00. The van der Waals surface area contributed by atoms with Crippen molar-refractivity contribution in [2.45, 2.75) is 45.3 Å². The summed E-state index contributed by atoms with van der Waals surface area (Å²) in [6, 6.07) is 8.10. The summed E-state index contributed by atoms with van der Waals surface area (Å²) in [7, 11) is 0. The van der Waals surface area contributed by atoms with Crippen molar-refractivity contribution in [1.29, 1.82) is 0 Å². The number of hydrogen-bond donors (Lipinski definition) is 1. The highest BCUT2D eigenvalue weighted by Crippen LogP contribution is 2.28. The zero-order valence-electron chi connectivity index (χ0n) is 14.2. The highest BCUT2D eigenvalue weighted by Gasteiger charge is 2.25. The molecule has 5 heteroatoms. The second-order valence-electron chi connectivity index (χ2n) is 6.70. The molecule has 0 saturated carbocycles. The third-order valence-electron chi connectivity index (χ3n) is 4.17. The SMILES string of the molecule is CC(C)Cc1ccc(C(=O)N[C@@H]2CCO[C@@H](c3cccnc3)C2)s1. The van der Waals surface area contributed by atoms with Crippen LogP contribution in [0.15, 0.2) is 36.7 Å². The van der Waals surface area contributed by atoms with Crippen LogP contribution in [-0.4, -0.2) is 23.5 Å². The normalized spacial score (nSPS) is 21.0. The predicted molar refractivity (Wildman–Crippen MR) is 96.3 cm³/mol. The van der Waals surface area contributed by atoms with Gasteiger partial charge in [0.1, 0.15) is 0 Å². The Morgan fingerprint density at radius 2 is 2.29 bits per heavy atom. The first-order valence-corrected chi connectivity index (χ1v) is 9.34. The molecule has 3 heterocycles. The van der Waals surface area contributed by atoms with Crippen LogP contribution in [0.25, 0.3) is 0 Å². The summed E-state index contributed by atoms with van der Waals surface area (Å²) >= 11 is 1.60. The summed E-state index contributed by atoms with van der Waals surface area (Å²) in [6.45, 7) is 5.05. The summed E-state index contributed by atoms with van der Waals surface area (Å²) in [5.74, 6) is 0.641. The van der Waals surface area contributed by atoms with Gasteiger partial charge in [-0.15, -0.1) is 11.3 Å². The minimum atomic E-state index is 0.0117. The largest absolute Gasteiger partial charge is 0.373 e. The molecule has 1 amide bonds. The Kier molecular flexibility index (Phi) is 5.63. The third kappa shape index (κ3) is 4.42. The van der Waals surface area contributed by atoms with Crippen LogP contribution >= 0.6 is 11.3 Å². The molecular formula is C19H24N2O2S. The van der Waals surface area contributed by atoms with Crippen molar-refractivity contribution < 1.29 is 9.53 Å². The molecule has 2 atom stereocenters. The minimum Gasteiger partial charge on any atom is -0.373 e. The van der Waals surface area contributed by atoms with Crippen LogP contribution in [0.1, 0.15) is 52.9 Å². The van der Waals surface area contributed by atoms with Crippen LogP contribution in [0, 0.1) is 5.92 Å². The Morgan fingerprint density at radius 1 is 1.42 bits per heavy atom. The molecule has 128 valence electrons. The van der Waals surface area contributed by atoms with Gasteiger partial charge in [0.25, 0.3) is 5.91 Å². The van der Waals surface area contributed by atoms with Crippen molar-refractivity contribution in [2.24, 2.45) is 5.92 Å². The number of pyridine rings is 1. The molecule has 0 aromatic carbocycles. The molecule has 4 nitrogen and oxygen atoms in total. The average molecular weight is 344 g/mol. The average Bonchev–Trinajstić information content (AvgIpc) is 3.04. The number of thiophene rings is 1. The molecule has 0 spiro atoms. The predicted octanol–water partition coefficient (Wildman–Crippen LogP) is 3.99. The second-order valence-corrected chi connectivity index (χ2v) is 7.87. The third-order valence-corrected chi connectivity index (χ3v) is 5.28. The van der Waals surface area contributed by atoms with Crippen LogP contribution in [0.3, 0.4) is 0 Å². The van der Waals surface area contributed by atoms with Gasteiger partial charge in [0, 0.05) is 29.9 Å². The van der Waals surface area contributed by atoms with Gasteiger partial charge in [-0.25, -0.2) is 0 Å². The van der Waals surface area contributed by atoms with Crippen molar-refractivity contribution in [3.05, 3.63) is 52.0 Å². The molecule has 2 aromatic rings. The van der Waals surface area contributed by atoms with Crippen LogP contribution in [-0.2, 0) is 11.2 Å². The van der Waals surface area contributed by atoms with Crippen LogP contribution in [0.5, 0.6) is 0 Å². The van der Waals surface area contributed by atoms with Crippen molar-refractivity contribution in [2.75, 3.05) is 6.61 Å². The summed E-state index contributed by atoms with van der Waals surface area (Å²) in [4.78, 5) is 18.7. The van der Waals surface area contributed by atoms with Crippen molar-refractivity contribution in [3.8, 4) is 0 Å². The molecule has 1 N–H and O–H groups in total. The standard InChI is InChI=1S/C19H24N2O2S/c1-13(2)10-16-5-6-18(24-16)19(22)21-15-7-9-23-17(11-15)14-4-3-8-20-12-14/h3-6,8,12-13,15,17H,7,9-11H2,1-2H3,(H,21,22)/t15-,17-/m1/s1. The first-order chi connectivity index (χ1) is 11.6. The van der Waals surface area contributed by atoms with E-state index in [0.29, 0.717) is 12.5 Å². The number of hydrogen-bond acceptors (Lipinski definition) is 4. The van der Waals surface area contributed by atoms with E-state index in [1.807, 2.05) is 24.4 Å². The van der Waals surface area contributed by atoms with Gasteiger partial charge in [0.2, 0.25) is 0 Å². The number of amides is 1. The lowest BCUT2D eigenvalue weighted by Crippen LogP contribution is -2.39. The first-order valence-electron chi connectivity index (χ1n) is 8.53. The molecular weight excluding hydrogens is 320 g/mol. The molecule has 0 bridgehead atoms. The van der Waals surface area contributed by atoms with Crippen LogP contribution in [0.2, 0.25) is 0 Å². The number of carbonyl (C=O) groups excluding carboxylic acids is 1. The molecule has 0 radical (unpaired) electrons. The molecule has 1 fully saturated rings. The van der Waals surface area contributed by atoms with Gasteiger partial charge in [0.05, 0.1) is 11.0 Å². The Hall–Kier alpha value is -1.72. The zero-order chi connectivity index (χ0) is 16.9. The summed E-state index contributed by atoms with van der Waals surface area (Å²) in [6.07, 6.45) is 6.29. The van der Waals surface area contributed by atoms with E-state index in [1.165, 1.54) is 4.88 Å². The summed E-state index contributed by atoms with van der Waals surface area (Å²) < 4.78 is 5.84. The molecule has 0 aliphatic carbocycles. The van der Waals surface area contributed by atoms with E-state index >= 15 is 0 Å². The molecule has 24 heavy (non-hydrogen) atoms. The van der Waals surface area contributed by atoms with Gasteiger partial charge in [-0.1, -0.05) is 19.9 Å². The zero-order valence-corrected chi connectivity index (χ0v) is 15.0. The second kappa shape index (κ2) is 7.90. The van der Waals surface area contributed by atoms with Gasteiger partial charge in [-0.3, -0.25) is 9.78 Å². The number of nitrogens with zero attached hydrogens (tertiary/aromatic N) is 1. The van der Waals surface area contributed by atoms with Crippen LogP contribution < -0.4 is 5.32 Å². The molecule has 2 aromatic heterocycles. The Balaban J connectivity index is 1.59. The Morgan fingerprint density at radius 3 is 3.04 bits per heavy atom. The van der Waals surface area contributed by atoms with E-state index in [1.54, 1.807) is 17.5 Å². The number of aromatic nitrogens is 1. The number of ether oxygens (including phenoxy) is 1. The van der Waals surface area contributed by atoms with Gasteiger partial charge in [0.15, 0.2) is 0 Å². The van der Waals surface area contributed by atoms with E-state index in [9.17, 15) is 4.79 Å². The van der Waals surface area contributed by atoms with E-state index < -0.39 is 0 Å². The van der Waals surface area contributed by atoms with Gasteiger partial charge < -0.3 is 10.1 Å². The highest BCUT2D eigenvalue weighted by atomic mass is 32.1. The minimum absolute atomic E-state index is 0.0117. The van der Waals surface area contributed by atoms with Crippen LogP contribution in [0.4, 0.5) is 0 Å². The van der Waals surface area contributed by atoms with Crippen molar-refractivity contribution >= 4 is 17.2 Å². The lowest BCUT2D eigenvalue weighted by molar-refractivity contribution is 0.000757. The van der Waals surface area contributed by atoms with E-state index in [-0.39, 0.29) is 18.1 Å².